The summed E-state index contributed by atoms with van der Waals surface area (Å²) in [5, 5.41) is 0.266. The van der Waals surface area contributed by atoms with Gasteiger partial charge in [-0.2, -0.15) is 12.6 Å². The summed E-state index contributed by atoms with van der Waals surface area (Å²) in [7, 11) is -3.61. The minimum Gasteiger partial charge on any atom is -0.321 e. The van der Waals surface area contributed by atoms with E-state index < -0.39 is 7.60 Å². The molecule has 0 spiro atoms. The lowest BCUT2D eigenvalue weighted by Crippen LogP contribution is -1.93. The second-order valence-corrected chi connectivity index (χ2v) is 4.18. The molecular formula is C7H13O3PS. The van der Waals surface area contributed by atoms with Crippen molar-refractivity contribution in [3.63, 3.8) is 0 Å². The third kappa shape index (κ3) is 3.59. The Labute approximate surface area is 78.1 Å². The topological polar surface area (TPSA) is 46.5 Å². The highest BCUT2D eigenvalue weighted by molar-refractivity contribution is 7.81. The van der Waals surface area contributed by atoms with E-state index in [1.807, 2.05) is 0 Å². The van der Waals surface area contributed by atoms with Gasteiger partial charge < -0.3 is 9.42 Å². The quantitative estimate of drug-likeness (QED) is 0.413. The Bertz CT molecular complexity index is 225. The summed E-state index contributed by atoms with van der Waals surface area (Å²) in [6.45, 7) is 5.29. The van der Waals surface area contributed by atoms with Crippen molar-refractivity contribution in [1.82, 2.24) is 0 Å². The van der Waals surface area contributed by atoms with Gasteiger partial charge in [0.05, 0.1) is 11.9 Å². The van der Waals surface area contributed by atoms with Crippen molar-refractivity contribution >= 4 is 20.2 Å². The van der Waals surface area contributed by atoms with Crippen LogP contribution in [0, 0.1) is 0 Å². The Balaban J connectivity index is 4.59. The summed E-state index contributed by atoms with van der Waals surface area (Å²) < 4.78 is 16.0. The fourth-order valence-corrected chi connectivity index (χ4v) is 2.26. The Morgan fingerprint density at radius 1 is 1.83 bits per heavy atom. The molecule has 0 aliphatic heterocycles. The second-order valence-electron chi connectivity index (χ2n) is 1.99. The third-order valence-electron chi connectivity index (χ3n) is 1.14. The van der Waals surface area contributed by atoms with Crippen LogP contribution in [0.25, 0.3) is 0 Å². The Morgan fingerprint density at radius 3 is 2.75 bits per heavy atom. The number of rotatable bonds is 5. The van der Waals surface area contributed by atoms with Gasteiger partial charge in [0.15, 0.2) is 0 Å². The summed E-state index contributed by atoms with van der Waals surface area (Å²) >= 11 is 3.91. The van der Waals surface area contributed by atoms with Crippen LogP contribution in [0.2, 0.25) is 0 Å². The number of allylic oxidation sites excluding steroid dienone is 2. The van der Waals surface area contributed by atoms with E-state index in [0.717, 1.165) is 0 Å². The van der Waals surface area contributed by atoms with Crippen LogP contribution >= 0.6 is 20.2 Å². The van der Waals surface area contributed by atoms with Crippen molar-refractivity contribution < 1.29 is 14.0 Å². The van der Waals surface area contributed by atoms with E-state index in [4.69, 9.17) is 0 Å². The molecule has 0 aromatic heterocycles. The van der Waals surface area contributed by atoms with E-state index in [9.17, 15) is 9.46 Å². The predicted molar refractivity (Wildman–Crippen MR) is 53.6 cm³/mol. The summed E-state index contributed by atoms with van der Waals surface area (Å²) in [5.74, 6) is 0.194. The fourth-order valence-electron chi connectivity index (χ4n) is 0.630. The van der Waals surface area contributed by atoms with E-state index >= 15 is 0 Å². The molecule has 3 nitrogen and oxygen atoms in total. The Kier molecular flexibility index (Phi) is 5.59. The summed E-state index contributed by atoms with van der Waals surface area (Å²) in [6, 6.07) is 0. The van der Waals surface area contributed by atoms with Crippen molar-refractivity contribution in [2.24, 2.45) is 0 Å². The van der Waals surface area contributed by atoms with Crippen LogP contribution in [-0.4, -0.2) is 17.3 Å². The molecule has 1 atom stereocenters. The van der Waals surface area contributed by atoms with Crippen LogP contribution in [-0.2, 0) is 9.09 Å². The van der Waals surface area contributed by atoms with E-state index in [2.05, 4.69) is 23.7 Å². The van der Waals surface area contributed by atoms with Gasteiger partial charge in [0, 0.05) is 5.75 Å². The van der Waals surface area contributed by atoms with Gasteiger partial charge in [-0.25, -0.2) is 0 Å². The minimum absolute atomic E-state index is 0.194. The molecule has 1 N–H and O–H groups in total. The first-order chi connectivity index (χ1) is 5.58. The van der Waals surface area contributed by atoms with E-state index in [1.54, 1.807) is 6.92 Å². The number of hydrogen-bond donors (Lipinski definition) is 2. The minimum atomic E-state index is -3.61. The summed E-state index contributed by atoms with van der Waals surface area (Å²) in [4.78, 5) is 9.27. The molecule has 0 saturated heterocycles. The maximum atomic E-state index is 11.3. The molecule has 1 unspecified atom stereocenters. The van der Waals surface area contributed by atoms with Crippen LogP contribution in [0.3, 0.4) is 0 Å². The standard InChI is InChI=1S/C7H13O3PS/c1-3-5-7(6-12)11(8,9)10-4-2/h3,5,12H,1,4,6H2,2H3,(H,8,9)/b7-5+. The SMILES string of the molecule is C=C/C=C(\CS)P(=O)(O)OCC. The van der Waals surface area contributed by atoms with Crippen molar-refractivity contribution in [2.75, 3.05) is 12.4 Å². The predicted octanol–water partition coefficient (Wildman–Crippen LogP) is 2.21. The zero-order valence-corrected chi connectivity index (χ0v) is 8.72. The van der Waals surface area contributed by atoms with Gasteiger partial charge in [-0.1, -0.05) is 18.7 Å². The van der Waals surface area contributed by atoms with Gasteiger partial charge in [0.2, 0.25) is 0 Å². The highest BCUT2D eigenvalue weighted by Crippen LogP contribution is 2.50. The molecule has 0 amide bonds. The first-order valence-electron chi connectivity index (χ1n) is 3.48. The molecule has 5 heteroatoms. The molecule has 0 saturated carbocycles. The highest BCUT2D eigenvalue weighted by atomic mass is 32.1. The largest absolute Gasteiger partial charge is 0.355 e. The summed E-state index contributed by atoms with van der Waals surface area (Å²) in [5.41, 5.74) is 0. The molecule has 0 heterocycles. The van der Waals surface area contributed by atoms with Crippen molar-refractivity contribution in [1.29, 1.82) is 0 Å². The van der Waals surface area contributed by atoms with Crippen molar-refractivity contribution in [2.45, 2.75) is 6.92 Å². The molecule has 0 fully saturated rings. The van der Waals surface area contributed by atoms with E-state index in [0.29, 0.717) is 0 Å². The van der Waals surface area contributed by atoms with Gasteiger partial charge >= 0.3 is 7.60 Å². The first-order valence-corrected chi connectivity index (χ1v) is 5.69. The molecular weight excluding hydrogens is 195 g/mol. The zero-order valence-electron chi connectivity index (χ0n) is 6.93. The van der Waals surface area contributed by atoms with Crippen LogP contribution in [0.5, 0.6) is 0 Å². The number of thiol groups is 1. The zero-order chi connectivity index (χ0) is 9.61. The van der Waals surface area contributed by atoms with Gasteiger partial charge in [0.25, 0.3) is 0 Å². The Morgan fingerprint density at radius 2 is 2.42 bits per heavy atom. The molecule has 0 aromatic rings. The van der Waals surface area contributed by atoms with Gasteiger partial charge in [-0.05, 0) is 6.92 Å². The first kappa shape index (κ1) is 12.0. The van der Waals surface area contributed by atoms with E-state index in [-0.39, 0.29) is 17.7 Å². The molecule has 0 aromatic carbocycles. The average Bonchev–Trinajstić information content (AvgIpc) is 1.99. The lowest BCUT2D eigenvalue weighted by atomic mass is 10.5. The van der Waals surface area contributed by atoms with Gasteiger partial charge in [-0.3, -0.25) is 4.57 Å². The monoisotopic (exact) mass is 208 g/mol. The van der Waals surface area contributed by atoms with Crippen LogP contribution < -0.4 is 0 Å². The van der Waals surface area contributed by atoms with Gasteiger partial charge in [-0.15, -0.1) is 0 Å². The normalized spacial score (nSPS) is 17.1. The molecule has 0 rings (SSSR count). The smallest absolute Gasteiger partial charge is 0.321 e. The van der Waals surface area contributed by atoms with Crippen molar-refractivity contribution in [3.05, 3.63) is 24.0 Å². The molecule has 70 valence electrons. The average molecular weight is 208 g/mol. The van der Waals surface area contributed by atoms with Gasteiger partial charge in [0.1, 0.15) is 0 Å². The van der Waals surface area contributed by atoms with Crippen molar-refractivity contribution in [3.8, 4) is 0 Å². The molecule has 0 aliphatic carbocycles. The van der Waals surface area contributed by atoms with Crippen LogP contribution in [0.1, 0.15) is 6.92 Å². The van der Waals surface area contributed by atoms with E-state index in [1.165, 1.54) is 12.2 Å². The third-order valence-corrected chi connectivity index (χ3v) is 3.37. The lowest BCUT2D eigenvalue weighted by Gasteiger charge is -2.11. The van der Waals surface area contributed by atoms with Crippen LogP contribution in [0.15, 0.2) is 24.0 Å². The van der Waals surface area contributed by atoms with Crippen LogP contribution in [0.4, 0.5) is 0 Å². The maximum Gasteiger partial charge on any atom is 0.355 e. The summed E-state index contributed by atoms with van der Waals surface area (Å²) in [6.07, 6.45) is 2.89. The highest BCUT2D eigenvalue weighted by Gasteiger charge is 2.22. The lowest BCUT2D eigenvalue weighted by molar-refractivity contribution is 0.280. The molecule has 0 aliphatic rings. The molecule has 12 heavy (non-hydrogen) atoms. The number of hydrogen-bond acceptors (Lipinski definition) is 3. The fraction of sp³-hybridized carbons (Fsp3) is 0.429. The molecule has 0 radical (unpaired) electrons. The Hall–Kier alpha value is -0.0200. The maximum absolute atomic E-state index is 11.3. The second kappa shape index (κ2) is 5.60. The molecule has 0 bridgehead atoms.